The summed E-state index contributed by atoms with van der Waals surface area (Å²) in [6, 6.07) is 5.83. The molecular formula is C25H40ClN3O2. The first kappa shape index (κ1) is 24.3. The van der Waals surface area contributed by atoms with Crippen molar-refractivity contribution in [3.05, 3.63) is 28.8 Å². The number of carbonyl (C=O) groups excluding carboxylic acids is 1. The predicted molar refractivity (Wildman–Crippen MR) is 128 cm³/mol. The second-order valence-electron chi connectivity index (χ2n) is 9.91. The lowest BCUT2D eigenvalue weighted by molar-refractivity contribution is -0.137. The molecule has 0 saturated carbocycles. The first-order chi connectivity index (χ1) is 14.8. The molecule has 5 nitrogen and oxygen atoms in total. The highest BCUT2D eigenvalue weighted by Gasteiger charge is 2.40. The van der Waals surface area contributed by atoms with Crippen molar-refractivity contribution in [1.29, 1.82) is 0 Å². The quantitative estimate of drug-likeness (QED) is 0.592. The highest BCUT2D eigenvalue weighted by Crippen LogP contribution is 2.36. The normalized spacial score (nSPS) is 24.2. The summed E-state index contributed by atoms with van der Waals surface area (Å²) in [6.45, 7) is 13.9. The average molecular weight is 450 g/mol. The Bertz CT molecular complexity index is 735. The Morgan fingerprint density at radius 2 is 1.97 bits per heavy atom. The van der Waals surface area contributed by atoms with Gasteiger partial charge in [-0.1, -0.05) is 31.9 Å². The van der Waals surface area contributed by atoms with E-state index >= 15 is 0 Å². The zero-order valence-electron chi connectivity index (χ0n) is 19.8. The van der Waals surface area contributed by atoms with Crippen LogP contribution in [0.1, 0.15) is 45.1 Å². The Kier molecular flexibility index (Phi) is 8.65. The highest BCUT2D eigenvalue weighted by molar-refractivity contribution is 6.31. The van der Waals surface area contributed by atoms with Gasteiger partial charge in [0.1, 0.15) is 5.75 Å². The molecule has 2 aliphatic heterocycles. The van der Waals surface area contributed by atoms with Gasteiger partial charge in [-0.2, -0.15) is 0 Å². The minimum atomic E-state index is -0.139. The molecule has 1 aromatic rings. The number of benzene rings is 1. The molecule has 3 rings (SSSR count). The standard InChI is InChI=1S/C25H40ClN3O2/c1-5-20(2)17-28-10-6-9-25(18-28,16-24(30)29-13-11-27(4)12-14-29)19-31-22-7-8-23(26)21(3)15-22/h7-8,15,20H,5-6,9-14,16-19H2,1-4H3/t20-,25+/m0/s1. The van der Waals surface area contributed by atoms with Crippen LogP contribution in [0.15, 0.2) is 18.2 Å². The van der Waals surface area contributed by atoms with Crippen LogP contribution in [0.4, 0.5) is 0 Å². The summed E-state index contributed by atoms with van der Waals surface area (Å²) < 4.78 is 6.31. The Labute approximate surface area is 193 Å². The fourth-order valence-electron chi connectivity index (χ4n) is 4.78. The molecule has 0 aromatic heterocycles. The third kappa shape index (κ3) is 6.84. The zero-order valence-corrected chi connectivity index (χ0v) is 20.6. The van der Waals surface area contributed by atoms with Gasteiger partial charge in [-0.15, -0.1) is 0 Å². The van der Waals surface area contributed by atoms with Crippen molar-refractivity contribution in [1.82, 2.24) is 14.7 Å². The number of piperidine rings is 1. The van der Waals surface area contributed by atoms with E-state index < -0.39 is 0 Å². The maximum absolute atomic E-state index is 13.3. The number of amides is 1. The van der Waals surface area contributed by atoms with Crippen LogP contribution in [0.25, 0.3) is 0 Å². The number of carbonyl (C=O) groups is 1. The lowest BCUT2D eigenvalue weighted by atomic mass is 9.77. The molecule has 0 radical (unpaired) electrons. The molecule has 2 heterocycles. The SMILES string of the molecule is CC[C@H](C)CN1CCC[C@@](COc2ccc(Cl)c(C)c2)(CC(=O)N2CCN(C)CC2)C1. The summed E-state index contributed by atoms with van der Waals surface area (Å²) >= 11 is 6.19. The molecule has 2 aliphatic rings. The summed E-state index contributed by atoms with van der Waals surface area (Å²) in [6.07, 6.45) is 3.91. The molecule has 2 fully saturated rings. The van der Waals surface area contributed by atoms with Crippen molar-refractivity contribution in [3.8, 4) is 5.75 Å². The second-order valence-corrected chi connectivity index (χ2v) is 10.3. The smallest absolute Gasteiger partial charge is 0.223 e. The summed E-state index contributed by atoms with van der Waals surface area (Å²) in [4.78, 5) is 20.2. The van der Waals surface area contributed by atoms with Crippen LogP contribution >= 0.6 is 11.6 Å². The van der Waals surface area contributed by atoms with Gasteiger partial charge < -0.3 is 19.4 Å². The fourth-order valence-corrected chi connectivity index (χ4v) is 4.90. The minimum Gasteiger partial charge on any atom is -0.493 e. The van der Waals surface area contributed by atoms with Crippen LogP contribution in [-0.2, 0) is 4.79 Å². The molecule has 0 bridgehead atoms. The fraction of sp³-hybridized carbons (Fsp3) is 0.720. The molecule has 2 saturated heterocycles. The molecule has 31 heavy (non-hydrogen) atoms. The Morgan fingerprint density at radius 3 is 2.65 bits per heavy atom. The molecule has 6 heteroatoms. The minimum absolute atomic E-state index is 0.139. The first-order valence-electron chi connectivity index (χ1n) is 11.9. The maximum atomic E-state index is 13.3. The molecule has 2 atom stereocenters. The molecule has 174 valence electrons. The van der Waals surface area contributed by atoms with Gasteiger partial charge in [-0.25, -0.2) is 0 Å². The predicted octanol–water partition coefficient (Wildman–Crippen LogP) is 4.32. The number of hydrogen-bond donors (Lipinski definition) is 0. The van der Waals surface area contributed by atoms with E-state index in [4.69, 9.17) is 16.3 Å². The van der Waals surface area contributed by atoms with E-state index in [1.165, 1.54) is 6.42 Å². The van der Waals surface area contributed by atoms with Crippen LogP contribution in [0, 0.1) is 18.3 Å². The second kappa shape index (κ2) is 11.0. The van der Waals surface area contributed by atoms with Gasteiger partial charge in [-0.3, -0.25) is 4.79 Å². The van der Waals surface area contributed by atoms with Gasteiger partial charge >= 0.3 is 0 Å². The molecule has 0 spiro atoms. The van der Waals surface area contributed by atoms with E-state index in [1.54, 1.807) is 0 Å². The molecule has 1 amide bonds. The number of nitrogens with zero attached hydrogens (tertiary/aromatic N) is 3. The van der Waals surface area contributed by atoms with Crippen LogP contribution in [-0.4, -0.2) is 80.1 Å². The van der Waals surface area contributed by atoms with Crippen LogP contribution < -0.4 is 4.74 Å². The van der Waals surface area contributed by atoms with Crippen molar-refractivity contribution in [2.45, 2.75) is 46.5 Å². The van der Waals surface area contributed by atoms with Crippen molar-refractivity contribution in [3.63, 3.8) is 0 Å². The van der Waals surface area contributed by atoms with Gasteiger partial charge in [0, 0.05) is 56.1 Å². The summed E-state index contributed by atoms with van der Waals surface area (Å²) in [5, 5.41) is 0.754. The number of likely N-dealkylation sites (tertiary alicyclic amines) is 1. The number of ether oxygens (including phenoxy) is 1. The number of halogens is 1. The number of rotatable bonds is 8. The lowest BCUT2D eigenvalue weighted by Gasteiger charge is -2.44. The topological polar surface area (TPSA) is 36.0 Å². The van der Waals surface area contributed by atoms with E-state index in [1.807, 2.05) is 25.1 Å². The van der Waals surface area contributed by atoms with Gasteiger partial charge in [-0.05, 0) is 63.0 Å². The average Bonchev–Trinajstić information content (AvgIpc) is 2.75. The van der Waals surface area contributed by atoms with Crippen molar-refractivity contribution in [2.24, 2.45) is 11.3 Å². The van der Waals surface area contributed by atoms with E-state index in [2.05, 4.69) is 35.6 Å². The Balaban J connectivity index is 1.72. The Morgan fingerprint density at radius 1 is 1.23 bits per heavy atom. The lowest BCUT2D eigenvalue weighted by Crippen LogP contribution is -2.52. The first-order valence-corrected chi connectivity index (χ1v) is 12.3. The monoisotopic (exact) mass is 449 g/mol. The van der Waals surface area contributed by atoms with Gasteiger partial charge in [0.05, 0.1) is 6.61 Å². The van der Waals surface area contributed by atoms with Crippen molar-refractivity contribution >= 4 is 17.5 Å². The molecule has 0 N–H and O–H groups in total. The molecule has 0 aliphatic carbocycles. The number of likely N-dealkylation sites (N-methyl/N-ethyl adjacent to an activating group) is 1. The number of hydrogen-bond acceptors (Lipinski definition) is 4. The van der Waals surface area contributed by atoms with Gasteiger partial charge in [0.25, 0.3) is 0 Å². The number of aryl methyl sites for hydroxylation is 1. The number of piperazine rings is 1. The van der Waals surface area contributed by atoms with Crippen LogP contribution in [0.2, 0.25) is 5.02 Å². The van der Waals surface area contributed by atoms with E-state index in [-0.39, 0.29) is 11.3 Å². The molecule has 0 unspecified atom stereocenters. The summed E-state index contributed by atoms with van der Waals surface area (Å²) in [5.41, 5.74) is 0.878. The molecule has 1 aromatic carbocycles. The summed E-state index contributed by atoms with van der Waals surface area (Å²) in [5.74, 6) is 1.80. The van der Waals surface area contributed by atoms with Crippen molar-refractivity contribution < 1.29 is 9.53 Å². The third-order valence-electron chi connectivity index (χ3n) is 7.06. The van der Waals surface area contributed by atoms with Crippen molar-refractivity contribution in [2.75, 3.05) is 59.5 Å². The Hall–Kier alpha value is -1.30. The zero-order chi connectivity index (χ0) is 22.4. The molecular weight excluding hydrogens is 410 g/mol. The summed E-state index contributed by atoms with van der Waals surface area (Å²) in [7, 11) is 2.12. The highest BCUT2D eigenvalue weighted by atomic mass is 35.5. The van der Waals surface area contributed by atoms with Crippen LogP contribution in [0.3, 0.4) is 0 Å². The largest absolute Gasteiger partial charge is 0.493 e. The van der Waals surface area contributed by atoms with Gasteiger partial charge in [0.15, 0.2) is 0 Å². The van der Waals surface area contributed by atoms with E-state index in [0.29, 0.717) is 18.9 Å². The maximum Gasteiger partial charge on any atom is 0.223 e. The van der Waals surface area contributed by atoms with E-state index in [0.717, 1.165) is 75.0 Å². The van der Waals surface area contributed by atoms with Crippen LogP contribution in [0.5, 0.6) is 5.75 Å². The van der Waals surface area contributed by atoms with E-state index in [9.17, 15) is 4.79 Å². The van der Waals surface area contributed by atoms with Gasteiger partial charge in [0.2, 0.25) is 5.91 Å². The third-order valence-corrected chi connectivity index (χ3v) is 7.49.